The van der Waals surface area contributed by atoms with Gasteiger partial charge in [-0.05, 0) is 36.8 Å². The lowest BCUT2D eigenvalue weighted by atomic mass is 9.88. The Morgan fingerprint density at radius 1 is 1.53 bits per heavy atom. The minimum Gasteiger partial charge on any atom is -0.316 e. The van der Waals surface area contributed by atoms with Crippen molar-refractivity contribution < 1.29 is 0 Å². The highest BCUT2D eigenvalue weighted by molar-refractivity contribution is 5.13. The SMILES string of the molecule is CCCn1cc(C2CNCC(C)C2)cn1. The Hall–Kier alpha value is -0.830. The standard InChI is InChI=1S/C12H21N3/c1-3-4-15-9-12(8-14-15)11-5-10(2)6-13-7-11/h8-11,13H,3-7H2,1-2H3. The highest BCUT2D eigenvalue weighted by atomic mass is 15.3. The second-order valence-corrected chi connectivity index (χ2v) is 4.73. The van der Waals surface area contributed by atoms with Gasteiger partial charge in [-0.2, -0.15) is 5.10 Å². The molecule has 1 aromatic heterocycles. The van der Waals surface area contributed by atoms with Gasteiger partial charge in [0.1, 0.15) is 0 Å². The average molecular weight is 207 g/mol. The molecule has 1 N–H and O–H groups in total. The van der Waals surface area contributed by atoms with Crippen LogP contribution in [0.3, 0.4) is 0 Å². The second-order valence-electron chi connectivity index (χ2n) is 4.73. The van der Waals surface area contributed by atoms with E-state index in [1.54, 1.807) is 0 Å². The predicted molar refractivity (Wildman–Crippen MR) is 61.9 cm³/mol. The summed E-state index contributed by atoms with van der Waals surface area (Å²) in [6.45, 7) is 7.82. The first-order valence-electron chi connectivity index (χ1n) is 6.02. The van der Waals surface area contributed by atoms with Crippen molar-refractivity contribution in [2.45, 2.75) is 39.2 Å². The molecule has 3 nitrogen and oxygen atoms in total. The molecule has 84 valence electrons. The molecule has 2 heterocycles. The molecule has 0 aliphatic carbocycles. The molecule has 15 heavy (non-hydrogen) atoms. The number of nitrogens with one attached hydrogen (secondary N) is 1. The third-order valence-electron chi connectivity index (χ3n) is 3.15. The van der Waals surface area contributed by atoms with Crippen molar-refractivity contribution in [3.8, 4) is 0 Å². The van der Waals surface area contributed by atoms with E-state index in [2.05, 4.69) is 35.1 Å². The summed E-state index contributed by atoms with van der Waals surface area (Å²) < 4.78 is 2.06. The highest BCUT2D eigenvalue weighted by Gasteiger charge is 2.20. The van der Waals surface area contributed by atoms with Crippen LogP contribution in [-0.4, -0.2) is 22.9 Å². The number of aryl methyl sites for hydroxylation is 1. The molecule has 0 spiro atoms. The van der Waals surface area contributed by atoms with Crippen LogP contribution in [0.15, 0.2) is 12.4 Å². The lowest BCUT2D eigenvalue weighted by molar-refractivity contribution is 0.364. The first-order chi connectivity index (χ1) is 7.29. The van der Waals surface area contributed by atoms with Gasteiger partial charge in [0.05, 0.1) is 6.20 Å². The van der Waals surface area contributed by atoms with Crippen molar-refractivity contribution in [3.63, 3.8) is 0 Å². The zero-order chi connectivity index (χ0) is 10.7. The van der Waals surface area contributed by atoms with Crippen molar-refractivity contribution in [1.29, 1.82) is 0 Å². The predicted octanol–water partition coefficient (Wildman–Crippen LogP) is 2.01. The summed E-state index contributed by atoms with van der Waals surface area (Å²) in [5, 5.41) is 7.88. The van der Waals surface area contributed by atoms with E-state index in [-0.39, 0.29) is 0 Å². The van der Waals surface area contributed by atoms with Crippen LogP contribution in [0.5, 0.6) is 0 Å². The van der Waals surface area contributed by atoms with Crippen molar-refractivity contribution >= 4 is 0 Å². The largest absolute Gasteiger partial charge is 0.316 e. The summed E-state index contributed by atoms with van der Waals surface area (Å²) in [7, 11) is 0. The normalized spacial score (nSPS) is 26.8. The Morgan fingerprint density at radius 2 is 2.40 bits per heavy atom. The molecule has 1 saturated heterocycles. The maximum atomic E-state index is 4.40. The molecular weight excluding hydrogens is 186 g/mol. The maximum absolute atomic E-state index is 4.40. The molecule has 0 aromatic carbocycles. The molecule has 0 amide bonds. The van der Waals surface area contributed by atoms with Gasteiger partial charge in [-0.25, -0.2) is 0 Å². The van der Waals surface area contributed by atoms with Gasteiger partial charge in [-0.1, -0.05) is 13.8 Å². The number of nitrogens with zero attached hydrogens (tertiary/aromatic N) is 2. The van der Waals surface area contributed by atoms with Crippen LogP contribution < -0.4 is 5.32 Å². The van der Waals surface area contributed by atoms with Gasteiger partial charge < -0.3 is 5.32 Å². The molecule has 2 unspecified atom stereocenters. The fourth-order valence-corrected chi connectivity index (χ4v) is 2.35. The van der Waals surface area contributed by atoms with Crippen LogP contribution in [0.25, 0.3) is 0 Å². The van der Waals surface area contributed by atoms with E-state index < -0.39 is 0 Å². The average Bonchev–Trinajstić information content (AvgIpc) is 2.67. The van der Waals surface area contributed by atoms with E-state index in [4.69, 9.17) is 0 Å². The summed E-state index contributed by atoms with van der Waals surface area (Å²) in [6, 6.07) is 0. The number of piperidine rings is 1. The third-order valence-corrected chi connectivity index (χ3v) is 3.15. The quantitative estimate of drug-likeness (QED) is 0.821. The van der Waals surface area contributed by atoms with E-state index in [9.17, 15) is 0 Å². The van der Waals surface area contributed by atoms with E-state index >= 15 is 0 Å². The van der Waals surface area contributed by atoms with Gasteiger partial charge in [0.25, 0.3) is 0 Å². The Balaban J connectivity index is 2.01. The van der Waals surface area contributed by atoms with Gasteiger partial charge in [-0.3, -0.25) is 4.68 Å². The molecule has 2 atom stereocenters. The molecule has 3 heteroatoms. The molecule has 2 rings (SSSR count). The number of rotatable bonds is 3. The zero-order valence-corrected chi connectivity index (χ0v) is 9.74. The molecule has 1 fully saturated rings. The summed E-state index contributed by atoms with van der Waals surface area (Å²) in [5.41, 5.74) is 1.41. The van der Waals surface area contributed by atoms with Gasteiger partial charge in [0.15, 0.2) is 0 Å². The van der Waals surface area contributed by atoms with Crippen LogP contribution in [0.2, 0.25) is 0 Å². The minimum atomic E-state index is 0.666. The Labute approximate surface area is 91.9 Å². The fourth-order valence-electron chi connectivity index (χ4n) is 2.35. The third kappa shape index (κ3) is 2.59. The Morgan fingerprint density at radius 3 is 3.13 bits per heavy atom. The number of hydrogen-bond acceptors (Lipinski definition) is 2. The Bertz CT molecular complexity index is 306. The molecule has 1 aromatic rings. The maximum Gasteiger partial charge on any atom is 0.0525 e. The summed E-state index contributed by atoms with van der Waals surface area (Å²) in [5.74, 6) is 1.46. The summed E-state index contributed by atoms with van der Waals surface area (Å²) >= 11 is 0. The zero-order valence-electron chi connectivity index (χ0n) is 9.74. The van der Waals surface area contributed by atoms with Crippen molar-refractivity contribution in [3.05, 3.63) is 18.0 Å². The summed E-state index contributed by atoms with van der Waals surface area (Å²) in [4.78, 5) is 0. The molecule has 0 radical (unpaired) electrons. The van der Waals surface area contributed by atoms with Crippen LogP contribution in [-0.2, 0) is 6.54 Å². The van der Waals surface area contributed by atoms with Crippen molar-refractivity contribution in [1.82, 2.24) is 15.1 Å². The van der Waals surface area contributed by atoms with E-state index in [0.717, 1.165) is 25.4 Å². The van der Waals surface area contributed by atoms with E-state index in [1.807, 2.05) is 6.20 Å². The number of aromatic nitrogens is 2. The lowest BCUT2D eigenvalue weighted by Gasteiger charge is -2.26. The fraction of sp³-hybridized carbons (Fsp3) is 0.750. The first-order valence-corrected chi connectivity index (χ1v) is 6.02. The molecule has 0 bridgehead atoms. The van der Waals surface area contributed by atoms with Gasteiger partial charge in [0.2, 0.25) is 0 Å². The van der Waals surface area contributed by atoms with Gasteiger partial charge in [-0.15, -0.1) is 0 Å². The van der Waals surface area contributed by atoms with Crippen LogP contribution in [0.4, 0.5) is 0 Å². The molecule has 1 aliphatic heterocycles. The molecule has 1 aliphatic rings. The van der Waals surface area contributed by atoms with Crippen LogP contribution >= 0.6 is 0 Å². The smallest absolute Gasteiger partial charge is 0.0525 e. The van der Waals surface area contributed by atoms with Crippen LogP contribution in [0.1, 0.15) is 38.2 Å². The van der Waals surface area contributed by atoms with Crippen molar-refractivity contribution in [2.24, 2.45) is 5.92 Å². The minimum absolute atomic E-state index is 0.666. The topological polar surface area (TPSA) is 29.9 Å². The van der Waals surface area contributed by atoms with Crippen LogP contribution in [0, 0.1) is 5.92 Å². The monoisotopic (exact) mass is 207 g/mol. The highest BCUT2D eigenvalue weighted by Crippen LogP contribution is 2.25. The van der Waals surface area contributed by atoms with Gasteiger partial charge >= 0.3 is 0 Å². The number of hydrogen-bond donors (Lipinski definition) is 1. The van der Waals surface area contributed by atoms with Gasteiger partial charge in [0, 0.05) is 19.3 Å². The summed E-state index contributed by atoms with van der Waals surface area (Å²) in [6.07, 6.45) is 6.71. The second kappa shape index (κ2) is 4.79. The molecule has 0 saturated carbocycles. The molecular formula is C12H21N3. The van der Waals surface area contributed by atoms with E-state index in [0.29, 0.717) is 5.92 Å². The van der Waals surface area contributed by atoms with Crippen molar-refractivity contribution in [2.75, 3.05) is 13.1 Å². The lowest BCUT2D eigenvalue weighted by Crippen LogP contribution is -2.33. The van der Waals surface area contributed by atoms with E-state index in [1.165, 1.54) is 18.5 Å². The first kappa shape index (κ1) is 10.7. The Kier molecular flexibility index (Phi) is 3.41.